The van der Waals surface area contributed by atoms with Crippen molar-refractivity contribution in [2.45, 2.75) is 40.7 Å². The summed E-state index contributed by atoms with van der Waals surface area (Å²) in [6, 6.07) is 4.28. The summed E-state index contributed by atoms with van der Waals surface area (Å²) in [4.78, 5) is 0. The van der Waals surface area contributed by atoms with E-state index < -0.39 is 0 Å². The second kappa shape index (κ2) is 6.66. The Morgan fingerprint density at radius 3 is 2.38 bits per heavy atom. The molecule has 5 nitrogen and oxygen atoms in total. The molecule has 0 amide bonds. The van der Waals surface area contributed by atoms with E-state index in [1.54, 1.807) is 0 Å². The zero-order valence-electron chi connectivity index (χ0n) is 13.2. The average Bonchev–Trinajstić information content (AvgIpc) is 2.91. The lowest BCUT2D eigenvalue weighted by molar-refractivity contribution is 0.475. The summed E-state index contributed by atoms with van der Waals surface area (Å²) in [6.45, 7) is 11.5. The minimum atomic E-state index is 0.103. The molecule has 114 valence electrons. The largest absolute Gasteiger partial charge is 0.307 e. The Bertz CT molecular complexity index is 597. The summed E-state index contributed by atoms with van der Waals surface area (Å²) >= 11 is 3.59. The number of hydrogen-bond acceptors (Lipinski definition) is 4. The molecular weight excluding hydrogens is 330 g/mol. The van der Waals surface area contributed by atoms with Gasteiger partial charge in [0.05, 0.1) is 11.7 Å². The highest BCUT2D eigenvalue weighted by atomic mass is 79.9. The number of tetrazole rings is 1. The zero-order valence-corrected chi connectivity index (χ0v) is 14.8. The summed E-state index contributed by atoms with van der Waals surface area (Å²) < 4.78 is 2.94. The van der Waals surface area contributed by atoms with Crippen molar-refractivity contribution in [2.24, 2.45) is 5.92 Å². The summed E-state index contributed by atoms with van der Waals surface area (Å²) in [7, 11) is 0. The summed E-state index contributed by atoms with van der Waals surface area (Å²) in [5.41, 5.74) is 3.34. The van der Waals surface area contributed by atoms with E-state index in [1.165, 1.54) is 11.1 Å². The zero-order chi connectivity index (χ0) is 15.6. The van der Waals surface area contributed by atoms with Gasteiger partial charge in [-0.1, -0.05) is 29.8 Å². The standard InChI is InChI=1S/C15H22BrN5/c1-9(2)8-17-12(5)15-18-19-20-21(15)13-6-10(3)14(16)11(4)7-13/h6-7,9,12,17H,8H2,1-5H3. The van der Waals surface area contributed by atoms with Crippen LogP contribution >= 0.6 is 15.9 Å². The van der Waals surface area contributed by atoms with Crippen LogP contribution < -0.4 is 5.32 Å². The van der Waals surface area contributed by atoms with Crippen LogP contribution in [0.3, 0.4) is 0 Å². The molecule has 2 rings (SSSR count). The van der Waals surface area contributed by atoms with Crippen molar-refractivity contribution < 1.29 is 0 Å². The quantitative estimate of drug-likeness (QED) is 0.897. The fraction of sp³-hybridized carbons (Fsp3) is 0.533. The van der Waals surface area contributed by atoms with E-state index in [9.17, 15) is 0 Å². The number of nitrogens with one attached hydrogen (secondary N) is 1. The van der Waals surface area contributed by atoms with E-state index in [0.717, 1.165) is 22.5 Å². The molecule has 0 fully saturated rings. The van der Waals surface area contributed by atoms with E-state index in [4.69, 9.17) is 0 Å². The Morgan fingerprint density at radius 2 is 1.81 bits per heavy atom. The molecule has 1 unspecified atom stereocenters. The van der Waals surface area contributed by atoms with Crippen LogP contribution in [0, 0.1) is 19.8 Å². The van der Waals surface area contributed by atoms with Gasteiger partial charge in [-0.05, 0) is 66.9 Å². The maximum absolute atomic E-state index is 4.18. The van der Waals surface area contributed by atoms with Crippen LogP contribution in [-0.4, -0.2) is 26.8 Å². The molecule has 0 saturated heterocycles. The minimum Gasteiger partial charge on any atom is -0.307 e. The van der Waals surface area contributed by atoms with Crippen molar-refractivity contribution in [1.29, 1.82) is 0 Å². The van der Waals surface area contributed by atoms with E-state index in [0.29, 0.717) is 5.92 Å². The van der Waals surface area contributed by atoms with Gasteiger partial charge < -0.3 is 5.32 Å². The van der Waals surface area contributed by atoms with E-state index in [1.807, 2.05) is 4.68 Å². The molecule has 0 saturated carbocycles. The van der Waals surface area contributed by atoms with Crippen LogP contribution in [0.15, 0.2) is 16.6 Å². The van der Waals surface area contributed by atoms with Crippen molar-refractivity contribution in [1.82, 2.24) is 25.5 Å². The molecule has 6 heteroatoms. The lowest BCUT2D eigenvalue weighted by atomic mass is 10.1. The molecule has 0 aliphatic rings. The highest BCUT2D eigenvalue weighted by Crippen LogP contribution is 2.25. The van der Waals surface area contributed by atoms with Crippen LogP contribution in [0.25, 0.3) is 5.69 Å². The summed E-state index contributed by atoms with van der Waals surface area (Å²) in [5, 5.41) is 15.6. The third-order valence-corrected chi connectivity index (χ3v) is 4.63. The van der Waals surface area contributed by atoms with E-state index in [2.05, 4.69) is 83.5 Å². The molecule has 1 atom stereocenters. The van der Waals surface area contributed by atoms with E-state index >= 15 is 0 Å². The fourth-order valence-electron chi connectivity index (χ4n) is 2.20. The third-order valence-electron chi connectivity index (χ3n) is 3.38. The van der Waals surface area contributed by atoms with Crippen molar-refractivity contribution >= 4 is 15.9 Å². The monoisotopic (exact) mass is 351 g/mol. The van der Waals surface area contributed by atoms with Crippen LogP contribution in [0.4, 0.5) is 0 Å². The number of benzene rings is 1. The average molecular weight is 352 g/mol. The molecule has 2 aromatic rings. The maximum atomic E-state index is 4.18. The molecule has 1 aromatic heterocycles. The van der Waals surface area contributed by atoms with Crippen LogP contribution in [0.5, 0.6) is 0 Å². The van der Waals surface area contributed by atoms with Gasteiger partial charge in [-0.15, -0.1) is 5.10 Å². The second-order valence-electron chi connectivity index (χ2n) is 5.87. The highest BCUT2D eigenvalue weighted by molar-refractivity contribution is 9.10. The minimum absolute atomic E-state index is 0.103. The molecule has 0 radical (unpaired) electrons. The predicted octanol–water partition coefficient (Wildman–Crippen LogP) is 3.35. The summed E-state index contributed by atoms with van der Waals surface area (Å²) in [5.74, 6) is 1.42. The van der Waals surface area contributed by atoms with Gasteiger partial charge in [0.2, 0.25) is 0 Å². The maximum Gasteiger partial charge on any atom is 0.173 e. The lowest BCUT2D eigenvalue weighted by Crippen LogP contribution is -2.25. The molecule has 0 aliphatic heterocycles. The number of halogens is 1. The Balaban J connectivity index is 2.32. The first-order valence-corrected chi connectivity index (χ1v) is 7.98. The number of aromatic nitrogens is 4. The summed E-state index contributed by atoms with van der Waals surface area (Å²) in [6.07, 6.45) is 0. The van der Waals surface area contributed by atoms with Crippen LogP contribution in [0.1, 0.15) is 43.8 Å². The van der Waals surface area contributed by atoms with Gasteiger partial charge in [-0.25, -0.2) is 0 Å². The normalized spacial score (nSPS) is 12.9. The molecule has 1 aromatic carbocycles. The first-order chi connectivity index (χ1) is 9.90. The van der Waals surface area contributed by atoms with Gasteiger partial charge in [-0.2, -0.15) is 4.68 Å². The van der Waals surface area contributed by atoms with Crippen molar-refractivity contribution in [3.05, 3.63) is 33.6 Å². The van der Waals surface area contributed by atoms with E-state index in [-0.39, 0.29) is 6.04 Å². The van der Waals surface area contributed by atoms with Gasteiger partial charge in [0.15, 0.2) is 5.82 Å². The Kier molecular flexibility index (Phi) is 5.11. The lowest BCUT2D eigenvalue weighted by Gasteiger charge is -2.16. The third kappa shape index (κ3) is 3.68. The van der Waals surface area contributed by atoms with Crippen LogP contribution in [-0.2, 0) is 0 Å². The number of nitrogens with zero attached hydrogens (tertiary/aromatic N) is 4. The van der Waals surface area contributed by atoms with Crippen molar-refractivity contribution in [3.63, 3.8) is 0 Å². The first-order valence-electron chi connectivity index (χ1n) is 7.19. The Labute approximate surface area is 134 Å². The van der Waals surface area contributed by atoms with Crippen molar-refractivity contribution in [2.75, 3.05) is 6.54 Å². The van der Waals surface area contributed by atoms with Gasteiger partial charge in [0, 0.05) is 4.47 Å². The van der Waals surface area contributed by atoms with Crippen molar-refractivity contribution in [3.8, 4) is 5.69 Å². The topological polar surface area (TPSA) is 55.6 Å². The van der Waals surface area contributed by atoms with Crippen LogP contribution in [0.2, 0.25) is 0 Å². The molecule has 1 heterocycles. The number of rotatable bonds is 5. The Morgan fingerprint density at radius 1 is 1.19 bits per heavy atom. The molecule has 0 spiro atoms. The van der Waals surface area contributed by atoms with Gasteiger partial charge in [0.1, 0.15) is 0 Å². The number of hydrogen-bond donors (Lipinski definition) is 1. The molecule has 21 heavy (non-hydrogen) atoms. The van der Waals surface area contributed by atoms with Gasteiger partial charge in [0.25, 0.3) is 0 Å². The first kappa shape index (κ1) is 16.1. The molecule has 1 N–H and O–H groups in total. The molecule has 0 aliphatic carbocycles. The predicted molar refractivity (Wildman–Crippen MR) is 87.6 cm³/mol. The SMILES string of the molecule is Cc1cc(-n2nnnc2C(C)NCC(C)C)cc(C)c1Br. The number of aryl methyl sites for hydroxylation is 2. The smallest absolute Gasteiger partial charge is 0.173 e. The molecule has 0 bridgehead atoms. The highest BCUT2D eigenvalue weighted by Gasteiger charge is 2.16. The van der Waals surface area contributed by atoms with Gasteiger partial charge >= 0.3 is 0 Å². The fourth-order valence-corrected chi connectivity index (χ4v) is 2.43. The Hall–Kier alpha value is -1.27. The molecular formula is C15H22BrN5. The van der Waals surface area contributed by atoms with Gasteiger partial charge in [-0.3, -0.25) is 0 Å². The second-order valence-corrected chi connectivity index (χ2v) is 6.66.